The second-order valence-electron chi connectivity index (χ2n) is 6.20. The summed E-state index contributed by atoms with van der Waals surface area (Å²) in [4.78, 5) is 9.04. The Bertz CT molecular complexity index is 459. The van der Waals surface area contributed by atoms with E-state index in [2.05, 4.69) is 22.2 Å². The van der Waals surface area contributed by atoms with E-state index in [1.807, 2.05) is 31.1 Å². The molecule has 0 aliphatic carbocycles. The summed E-state index contributed by atoms with van der Waals surface area (Å²) in [5.41, 5.74) is 2.18. The molecule has 1 aromatic rings. The number of aryl methyl sites for hydroxylation is 1. The van der Waals surface area contributed by atoms with Crippen LogP contribution in [0.15, 0.2) is 12.4 Å². The number of hydrogen-bond acceptors (Lipinski definition) is 5. The van der Waals surface area contributed by atoms with Gasteiger partial charge in [-0.2, -0.15) is 11.8 Å². The summed E-state index contributed by atoms with van der Waals surface area (Å²) in [7, 11) is 0. The molecule has 1 aromatic heterocycles. The quantitative estimate of drug-likeness (QED) is 0.927. The molecule has 21 heavy (non-hydrogen) atoms. The molecular formula is C16H25N3OS. The van der Waals surface area contributed by atoms with Gasteiger partial charge < -0.3 is 10.1 Å². The fourth-order valence-electron chi connectivity index (χ4n) is 3.51. The van der Waals surface area contributed by atoms with Crippen molar-refractivity contribution in [3.63, 3.8) is 0 Å². The van der Waals surface area contributed by atoms with Crippen molar-refractivity contribution in [3.8, 4) is 0 Å². The van der Waals surface area contributed by atoms with E-state index in [1.54, 1.807) is 0 Å². The Morgan fingerprint density at radius 2 is 2.38 bits per heavy atom. The highest BCUT2D eigenvalue weighted by atomic mass is 32.2. The molecule has 1 spiro atoms. The Morgan fingerprint density at radius 3 is 3.05 bits per heavy atom. The third kappa shape index (κ3) is 3.41. The Labute approximate surface area is 131 Å². The van der Waals surface area contributed by atoms with E-state index < -0.39 is 0 Å². The Morgan fingerprint density at radius 1 is 1.48 bits per heavy atom. The molecule has 3 unspecified atom stereocenters. The first-order valence-corrected chi connectivity index (χ1v) is 9.11. The molecule has 0 saturated carbocycles. The molecule has 5 heteroatoms. The predicted molar refractivity (Wildman–Crippen MR) is 86.5 cm³/mol. The van der Waals surface area contributed by atoms with Crippen LogP contribution in [0.2, 0.25) is 0 Å². The molecule has 0 radical (unpaired) electrons. The average molecular weight is 307 g/mol. The average Bonchev–Trinajstić information content (AvgIpc) is 2.94. The summed E-state index contributed by atoms with van der Waals surface area (Å²) in [6.45, 7) is 5.99. The molecule has 2 aliphatic rings. The third-order valence-corrected chi connectivity index (χ3v) is 5.84. The lowest BCUT2D eigenvalue weighted by Crippen LogP contribution is -2.44. The van der Waals surface area contributed by atoms with Gasteiger partial charge in [0.1, 0.15) is 0 Å². The van der Waals surface area contributed by atoms with Crippen LogP contribution in [0.25, 0.3) is 0 Å². The fraction of sp³-hybridized carbons (Fsp3) is 0.750. The van der Waals surface area contributed by atoms with Gasteiger partial charge in [0.15, 0.2) is 0 Å². The van der Waals surface area contributed by atoms with E-state index in [9.17, 15) is 0 Å². The zero-order valence-corrected chi connectivity index (χ0v) is 13.8. The van der Waals surface area contributed by atoms with Crippen molar-refractivity contribution in [1.82, 2.24) is 15.3 Å². The lowest BCUT2D eigenvalue weighted by Gasteiger charge is -2.41. The molecule has 3 rings (SSSR count). The van der Waals surface area contributed by atoms with Gasteiger partial charge in [0.25, 0.3) is 0 Å². The maximum Gasteiger partial charge on any atom is 0.0783 e. The van der Waals surface area contributed by atoms with Gasteiger partial charge in [-0.25, -0.2) is 0 Å². The van der Waals surface area contributed by atoms with Crippen molar-refractivity contribution in [2.75, 3.05) is 24.7 Å². The highest BCUT2D eigenvalue weighted by Gasteiger charge is 2.42. The van der Waals surface area contributed by atoms with E-state index in [4.69, 9.17) is 4.74 Å². The van der Waals surface area contributed by atoms with Crippen molar-refractivity contribution in [2.45, 2.75) is 44.8 Å². The van der Waals surface area contributed by atoms with Crippen molar-refractivity contribution in [2.24, 2.45) is 5.92 Å². The summed E-state index contributed by atoms with van der Waals surface area (Å²) in [6.07, 6.45) is 7.27. The van der Waals surface area contributed by atoms with Crippen LogP contribution in [0.1, 0.15) is 43.6 Å². The van der Waals surface area contributed by atoms with E-state index in [-0.39, 0.29) is 5.60 Å². The van der Waals surface area contributed by atoms with Crippen LogP contribution in [0, 0.1) is 12.8 Å². The highest BCUT2D eigenvalue weighted by molar-refractivity contribution is 7.99. The SMILES string of the molecule is CCNC(c1cnc(C)cn1)C1CCOC2(CCSC2)C1. The van der Waals surface area contributed by atoms with Crippen LogP contribution in [0.5, 0.6) is 0 Å². The van der Waals surface area contributed by atoms with Gasteiger partial charge in [-0.05, 0) is 44.4 Å². The number of thioether (sulfide) groups is 1. The Hall–Kier alpha value is -0.650. The topological polar surface area (TPSA) is 47.0 Å². The first-order valence-electron chi connectivity index (χ1n) is 7.96. The smallest absolute Gasteiger partial charge is 0.0783 e. The summed E-state index contributed by atoms with van der Waals surface area (Å²) in [6, 6.07) is 0.300. The molecule has 0 aromatic carbocycles. The molecule has 2 fully saturated rings. The Balaban J connectivity index is 1.78. The van der Waals surface area contributed by atoms with E-state index >= 15 is 0 Å². The molecule has 2 aliphatic heterocycles. The summed E-state index contributed by atoms with van der Waals surface area (Å²) in [5.74, 6) is 2.99. The lowest BCUT2D eigenvalue weighted by molar-refractivity contribution is -0.0855. The molecule has 3 heterocycles. The second-order valence-corrected chi connectivity index (χ2v) is 7.31. The minimum Gasteiger partial charge on any atom is -0.374 e. The minimum absolute atomic E-state index is 0.124. The van der Waals surface area contributed by atoms with Crippen LogP contribution in [-0.2, 0) is 4.74 Å². The molecule has 0 amide bonds. The zero-order valence-electron chi connectivity index (χ0n) is 13.0. The number of ether oxygens (including phenoxy) is 1. The normalized spacial score (nSPS) is 30.7. The Kier molecular flexibility index (Phi) is 4.82. The van der Waals surface area contributed by atoms with Crippen molar-refractivity contribution < 1.29 is 4.74 Å². The van der Waals surface area contributed by atoms with Crippen LogP contribution in [0.4, 0.5) is 0 Å². The van der Waals surface area contributed by atoms with Crippen LogP contribution in [0.3, 0.4) is 0 Å². The van der Waals surface area contributed by atoms with Crippen LogP contribution in [-0.4, -0.2) is 40.2 Å². The lowest BCUT2D eigenvalue weighted by atomic mass is 9.80. The number of hydrogen-bond donors (Lipinski definition) is 1. The van der Waals surface area contributed by atoms with Crippen molar-refractivity contribution >= 4 is 11.8 Å². The molecule has 1 N–H and O–H groups in total. The third-order valence-electron chi connectivity index (χ3n) is 4.61. The first-order chi connectivity index (χ1) is 10.2. The molecule has 3 atom stereocenters. The number of nitrogens with zero attached hydrogens (tertiary/aromatic N) is 2. The molecular weight excluding hydrogens is 282 g/mol. The largest absolute Gasteiger partial charge is 0.374 e. The van der Waals surface area contributed by atoms with Gasteiger partial charge in [-0.15, -0.1) is 0 Å². The van der Waals surface area contributed by atoms with E-state index in [0.29, 0.717) is 12.0 Å². The van der Waals surface area contributed by atoms with Gasteiger partial charge in [0.05, 0.1) is 29.2 Å². The van der Waals surface area contributed by atoms with Gasteiger partial charge in [-0.1, -0.05) is 6.92 Å². The van der Waals surface area contributed by atoms with Gasteiger partial charge in [0, 0.05) is 18.6 Å². The van der Waals surface area contributed by atoms with Crippen molar-refractivity contribution in [1.29, 1.82) is 0 Å². The van der Waals surface area contributed by atoms with Crippen LogP contribution < -0.4 is 5.32 Å². The number of aromatic nitrogens is 2. The monoisotopic (exact) mass is 307 g/mol. The van der Waals surface area contributed by atoms with Gasteiger partial charge in [-0.3, -0.25) is 9.97 Å². The molecule has 2 saturated heterocycles. The van der Waals surface area contributed by atoms with E-state index in [0.717, 1.165) is 43.1 Å². The minimum atomic E-state index is 0.124. The standard InChI is InChI=1S/C16H25N3OS/c1-3-17-15(14-10-18-12(2)9-19-14)13-4-6-20-16(8-13)5-7-21-11-16/h9-10,13,15,17H,3-8,11H2,1-2H3. The maximum absolute atomic E-state index is 6.16. The van der Waals surface area contributed by atoms with Gasteiger partial charge in [0.2, 0.25) is 0 Å². The summed E-state index contributed by atoms with van der Waals surface area (Å²) >= 11 is 2.03. The fourth-order valence-corrected chi connectivity index (χ4v) is 4.89. The molecule has 0 bridgehead atoms. The number of nitrogens with one attached hydrogen (secondary N) is 1. The zero-order chi connectivity index (χ0) is 14.7. The van der Waals surface area contributed by atoms with Crippen molar-refractivity contribution in [3.05, 3.63) is 23.8 Å². The highest BCUT2D eigenvalue weighted by Crippen LogP contribution is 2.43. The summed E-state index contributed by atoms with van der Waals surface area (Å²) in [5, 5.41) is 3.63. The predicted octanol–water partition coefficient (Wildman–Crippen LogP) is 2.74. The summed E-state index contributed by atoms with van der Waals surface area (Å²) < 4.78 is 6.16. The van der Waals surface area contributed by atoms with Gasteiger partial charge >= 0.3 is 0 Å². The second kappa shape index (κ2) is 6.63. The van der Waals surface area contributed by atoms with Crippen LogP contribution >= 0.6 is 11.8 Å². The number of rotatable bonds is 4. The van der Waals surface area contributed by atoms with E-state index in [1.165, 1.54) is 12.2 Å². The first kappa shape index (κ1) is 15.3. The molecule has 116 valence electrons. The maximum atomic E-state index is 6.16. The molecule has 4 nitrogen and oxygen atoms in total.